The number of methoxy groups -OCH3 is 1. The van der Waals surface area contributed by atoms with Crippen LogP contribution in [0.5, 0.6) is 5.75 Å². The van der Waals surface area contributed by atoms with Gasteiger partial charge in [-0.1, -0.05) is 13.0 Å². The standard InChI is InChI=1S/C19H20N4O2/c1-11(9-17(20)24)18(21)13-5-8-15-16(10-13)23-19(22-15)12-3-6-14(25-2)7-4-12/h3-8,10-11,21H,9H2,1-2H3,(H2,20,24)(H,22,23). The first-order valence-corrected chi connectivity index (χ1v) is 7.99. The van der Waals surface area contributed by atoms with E-state index in [1.165, 1.54) is 0 Å². The van der Waals surface area contributed by atoms with Gasteiger partial charge in [-0.3, -0.25) is 4.79 Å². The summed E-state index contributed by atoms with van der Waals surface area (Å²) in [6.07, 6.45) is 0.164. The second-order valence-corrected chi connectivity index (χ2v) is 6.03. The van der Waals surface area contributed by atoms with Crippen molar-refractivity contribution >= 4 is 22.7 Å². The van der Waals surface area contributed by atoms with Crippen molar-refractivity contribution in [2.75, 3.05) is 7.11 Å². The Hall–Kier alpha value is -3.15. The van der Waals surface area contributed by atoms with Gasteiger partial charge in [0.15, 0.2) is 0 Å². The van der Waals surface area contributed by atoms with Crippen molar-refractivity contribution in [1.29, 1.82) is 5.41 Å². The van der Waals surface area contributed by atoms with Gasteiger partial charge in [0.25, 0.3) is 0 Å². The molecule has 4 N–H and O–H groups in total. The van der Waals surface area contributed by atoms with Crippen molar-refractivity contribution in [3.05, 3.63) is 48.0 Å². The molecule has 3 rings (SSSR count). The fourth-order valence-corrected chi connectivity index (χ4v) is 2.75. The molecule has 128 valence electrons. The van der Waals surface area contributed by atoms with Gasteiger partial charge < -0.3 is 20.9 Å². The molecule has 0 fully saturated rings. The molecule has 0 aliphatic heterocycles. The Kier molecular flexibility index (Phi) is 4.52. The number of aromatic nitrogens is 2. The average molecular weight is 336 g/mol. The largest absolute Gasteiger partial charge is 0.497 e. The van der Waals surface area contributed by atoms with Crippen LogP contribution >= 0.6 is 0 Å². The molecule has 0 aliphatic rings. The van der Waals surface area contributed by atoms with Gasteiger partial charge in [0.1, 0.15) is 11.6 Å². The zero-order chi connectivity index (χ0) is 18.0. The lowest BCUT2D eigenvalue weighted by atomic mass is 9.95. The molecule has 1 unspecified atom stereocenters. The number of rotatable bonds is 6. The molecule has 0 spiro atoms. The van der Waals surface area contributed by atoms with Gasteiger partial charge in [-0.2, -0.15) is 0 Å². The van der Waals surface area contributed by atoms with E-state index in [0.717, 1.165) is 33.7 Å². The van der Waals surface area contributed by atoms with E-state index in [4.69, 9.17) is 15.9 Å². The maximum absolute atomic E-state index is 11.1. The normalized spacial score (nSPS) is 12.1. The summed E-state index contributed by atoms with van der Waals surface area (Å²) >= 11 is 0. The second kappa shape index (κ2) is 6.76. The Balaban J connectivity index is 1.90. The molecule has 1 amide bonds. The van der Waals surface area contributed by atoms with Crippen LogP contribution in [0.2, 0.25) is 0 Å². The third-order valence-electron chi connectivity index (χ3n) is 4.16. The summed E-state index contributed by atoms with van der Waals surface area (Å²) in [5.41, 5.74) is 9.00. The van der Waals surface area contributed by atoms with Crippen molar-refractivity contribution in [1.82, 2.24) is 9.97 Å². The average Bonchev–Trinajstić information content (AvgIpc) is 3.03. The quantitative estimate of drug-likeness (QED) is 0.602. The van der Waals surface area contributed by atoms with E-state index < -0.39 is 5.91 Å². The number of carbonyl (C=O) groups is 1. The van der Waals surface area contributed by atoms with E-state index >= 15 is 0 Å². The molecule has 1 heterocycles. The summed E-state index contributed by atoms with van der Waals surface area (Å²) in [5, 5.41) is 8.26. The summed E-state index contributed by atoms with van der Waals surface area (Å²) in [6, 6.07) is 13.3. The highest BCUT2D eigenvalue weighted by Crippen LogP contribution is 2.24. The minimum absolute atomic E-state index is 0.164. The van der Waals surface area contributed by atoms with E-state index in [0.29, 0.717) is 5.71 Å². The molecule has 0 saturated heterocycles. The molecule has 0 bridgehead atoms. The highest BCUT2D eigenvalue weighted by Gasteiger charge is 2.15. The van der Waals surface area contributed by atoms with E-state index in [2.05, 4.69) is 9.97 Å². The van der Waals surface area contributed by atoms with Crippen LogP contribution in [0.4, 0.5) is 0 Å². The SMILES string of the molecule is COc1ccc(-c2nc3ccc(C(=N)C(C)CC(N)=O)cc3[nH]2)cc1. The van der Waals surface area contributed by atoms with E-state index in [1.54, 1.807) is 7.11 Å². The summed E-state index contributed by atoms with van der Waals surface area (Å²) in [5.74, 6) is 0.922. The predicted molar refractivity (Wildman–Crippen MR) is 97.9 cm³/mol. The number of nitrogens with one attached hydrogen (secondary N) is 2. The summed E-state index contributed by atoms with van der Waals surface area (Å²) in [7, 11) is 1.63. The smallest absolute Gasteiger partial charge is 0.218 e. The van der Waals surface area contributed by atoms with Gasteiger partial charge >= 0.3 is 0 Å². The molecule has 0 aliphatic carbocycles. The van der Waals surface area contributed by atoms with Gasteiger partial charge in [-0.05, 0) is 42.0 Å². The first-order chi connectivity index (χ1) is 12.0. The monoisotopic (exact) mass is 336 g/mol. The van der Waals surface area contributed by atoms with Crippen molar-refractivity contribution in [2.24, 2.45) is 11.7 Å². The van der Waals surface area contributed by atoms with Gasteiger partial charge in [-0.25, -0.2) is 4.98 Å². The van der Waals surface area contributed by atoms with E-state index in [-0.39, 0.29) is 12.3 Å². The number of aromatic amines is 1. The summed E-state index contributed by atoms with van der Waals surface area (Å²) < 4.78 is 5.17. The number of primary amides is 1. The number of fused-ring (bicyclic) bond motifs is 1. The number of imidazole rings is 1. The molecule has 25 heavy (non-hydrogen) atoms. The molecule has 0 radical (unpaired) electrons. The topological polar surface area (TPSA) is 105 Å². The van der Waals surface area contributed by atoms with Crippen LogP contribution in [0.1, 0.15) is 18.9 Å². The Bertz CT molecular complexity index is 928. The van der Waals surface area contributed by atoms with Crippen molar-refractivity contribution < 1.29 is 9.53 Å². The highest BCUT2D eigenvalue weighted by atomic mass is 16.5. The first kappa shape index (κ1) is 16.7. The molecule has 6 nitrogen and oxygen atoms in total. The summed E-state index contributed by atoms with van der Waals surface area (Å²) in [4.78, 5) is 18.9. The highest BCUT2D eigenvalue weighted by molar-refractivity contribution is 6.03. The van der Waals surface area contributed by atoms with Crippen LogP contribution in [0.25, 0.3) is 22.4 Å². The molecule has 1 aromatic heterocycles. The Morgan fingerprint density at radius 1 is 1.28 bits per heavy atom. The fraction of sp³-hybridized carbons (Fsp3) is 0.211. The van der Waals surface area contributed by atoms with E-state index in [9.17, 15) is 4.79 Å². The zero-order valence-corrected chi connectivity index (χ0v) is 14.2. The lowest BCUT2D eigenvalue weighted by Crippen LogP contribution is -2.20. The second-order valence-electron chi connectivity index (χ2n) is 6.03. The lowest BCUT2D eigenvalue weighted by molar-refractivity contribution is -0.118. The predicted octanol–water partition coefficient (Wildman–Crippen LogP) is 3.12. The van der Waals surface area contributed by atoms with Crippen LogP contribution in [0, 0.1) is 11.3 Å². The third kappa shape index (κ3) is 3.52. The number of ether oxygens (including phenoxy) is 1. The molecule has 0 saturated carbocycles. The third-order valence-corrected chi connectivity index (χ3v) is 4.16. The Morgan fingerprint density at radius 2 is 2.00 bits per heavy atom. The van der Waals surface area contributed by atoms with Gasteiger partial charge in [0, 0.05) is 23.6 Å². The van der Waals surface area contributed by atoms with Crippen molar-refractivity contribution in [2.45, 2.75) is 13.3 Å². The number of nitrogens with zero attached hydrogens (tertiary/aromatic N) is 1. The maximum atomic E-state index is 11.1. The van der Waals surface area contributed by atoms with E-state index in [1.807, 2.05) is 49.4 Å². The van der Waals surface area contributed by atoms with Crippen LogP contribution in [0.3, 0.4) is 0 Å². The minimum atomic E-state index is -0.401. The molecule has 6 heteroatoms. The Morgan fingerprint density at radius 3 is 2.64 bits per heavy atom. The van der Waals surface area contributed by atoms with Crippen LogP contribution in [0.15, 0.2) is 42.5 Å². The van der Waals surface area contributed by atoms with Gasteiger partial charge in [0.05, 0.1) is 18.1 Å². The number of carbonyl (C=O) groups excluding carboxylic acids is 1. The molecule has 1 atom stereocenters. The number of amides is 1. The van der Waals surface area contributed by atoms with Crippen molar-refractivity contribution in [3.8, 4) is 17.1 Å². The van der Waals surface area contributed by atoms with Gasteiger partial charge in [0.2, 0.25) is 5.91 Å². The number of hydrogen-bond donors (Lipinski definition) is 3. The number of H-pyrrole nitrogens is 1. The number of benzene rings is 2. The lowest BCUT2D eigenvalue weighted by Gasteiger charge is -2.11. The zero-order valence-electron chi connectivity index (χ0n) is 14.2. The molecule has 3 aromatic rings. The first-order valence-electron chi connectivity index (χ1n) is 7.99. The maximum Gasteiger partial charge on any atom is 0.218 e. The van der Waals surface area contributed by atoms with Crippen molar-refractivity contribution in [3.63, 3.8) is 0 Å². The summed E-state index contributed by atoms with van der Waals surface area (Å²) in [6.45, 7) is 1.83. The molecular formula is C19H20N4O2. The van der Waals surface area contributed by atoms with Gasteiger partial charge in [-0.15, -0.1) is 0 Å². The molecular weight excluding hydrogens is 316 g/mol. The molecule has 2 aromatic carbocycles. The van der Waals surface area contributed by atoms with Crippen LogP contribution in [-0.2, 0) is 4.79 Å². The number of nitrogens with two attached hydrogens (primary N) is 1. The van der Waals surface area contributed by atoms with Crippen LogP contribution < -0.4 is 10.5 Å². The van der Waals surface area contributed by atoms with Crippen LogP contribution in [-0.4, -0.2) is 28.7 Å². The number of hydrogen-bond acceptors (Lipinski definition) is 4. The fourth-order valence-electron chi connectivity index (χ4n) is 2.75. The Labute approximate surface area is 145 Å². The minimum Gasteiger partial charge on any atom is -0.497 e.